The van der Waals surface area contributed by atoms with Gasteiger partial charge in [0.25, 0.3) is 0 Å². The van der Waals surface area contributed by atoms with Gasteiger partial charge < -0.3 is 10.0 Å². The summed E-state index contributed by atoms with van der Waals surface area (Å²) in [5.74, 6) is -1.21. The van der Waals surface area contributed by atoms with E-state index in [2.05, 4.69) is 0 Å². The number of piperidine rings is 1. The van der Waals surface area contributed by atoms with Crippen molar-refractivity contribution in [2.24, 2.45) is 5.92 Å². The molecule has 5 heteroatoms. The minimum atomic E-state index is -4.09. The Morgan fingerprint density at radius 3 is 2.69 bits per heavy atom. The molecule has 0 amide bonds. The normalized spacial score (nSPS) is 25.7. The van der Waals surface area contributed by atoms with Crippen LogP contribution in [0.1, 0.15) is 32.6 Å². The topological polar surface area (TPSA) is 23.5 Å². The third-order valence-electron chi connectivity index (χ3n) is 3.06. The summed E-state index contributed by atoms with van der Waals surface area (Å²) in [5, 5.41) is 9.57. The van der Waals surface area contributed by atoms with Gasteiger partial charge in [-0.15, -0.1) is 0 Å². The van der Waals surface area contributed by atoms with Crippen molar-refractivity contribution in [1.82, 2.24) is 4.90 Å². The molecule has 0 aromatic heterocycles. The fourth-order valence-electron chi connectivity index (χ4n) is 2.21. The molecule has 0 radical (unpaired) electrons. The maximum absolute atomic E-state index is 12.5. The van der Waals surface area contributed by atoms with Gasteiger partial charge >= 0.3 is 6.18 Å². The summed E-state index contributed by atoms with van der Waals surface area (Å²) in [7, 11) is 0. The second-order valence-corrected chi connectivity index (χ2v) is 4.58. The Balaban J connectivity index is 2.39. The van der Waals surface area contributed by atoms with Crippen LogP contribution in [-0.2, 0) is 0 Å². The first-order chi connectivity index (χ1) is 7.43. The number of hydrogen-bond acceptors (Lipinski definition) is 2. The van der Waals surface area contributed by atoms with Crippen molar-refractivity contribution in [2.45, 2.75) is 44.9 Å². The van der Waals surface area contributed by atoms with Crippen LogP contribution >= 0.6 is 0 Å². The van der Waals surface area contributed by atoms with E-state index in [9.17, 15) is 18.3 Å². The van der Waals surface area contributed by atoms with Gasteiger partial charge in [-0.25, -0.2) is 0 Å². The van der Waals surface area contributed by atoms with Crippen molar-refractivity contribution in [3.8, 4) is 0 Å². The molecule has 0 saturated carbocycles. The van der Waals surface area contributed by atoms with E-state index in [1.165, 1.54) is 0 Å². The highest BCUT2D eigenvalue weighted by Gasteiger charge is 2.41. The molecule has 0 bridgehead atoms. The van der Waals surface area contributed by atoms with Crippen LogP contribution in [0.15, 0.2) is 0 Å². The molecule has 1 aliphatic rings. The zero-order chi connectivity index (χ0) is 12.2. The molecule has 2 nitrogen and oxygen atoms in total. The largest absolute Gasteiger partial charge is 0.393 e. The monoisotopic (exact) mass is 239 g/mol. The van der Waals surface area contributed by atoms with Crippen LogP contribution in [0.25, 0.3) is 0 Å². The quantitative estimate of drug-likeness (QED) is 0.814. The number of hydrogen-bond donors (Lipinski definition) is 1. The van der Waals surface area contributed by atoms with Gasteiger partial charge in [-0.2, -0.15) is 13.2 Å². The average molecular weight is 239 g/mol. The van der Waals surface area contributed by atoms with E-state index in [0.29, 0.717) is 25.9 Å². The number of aliphatic hydroxyl groups excluding tert-OH is 1. The standard InChI is InChI=1S/C11H20F3NO/c1-2-4-10(16)8-15-6-3-5-9(7-15)11(12,13)14/h9-10,16H,2-8H2,1H3. The first kappa shape index (κ1) is 13.8. The number of nitrogens with zero attached hydrogens (tertiary/aromatic N) is 1. The number of likely N-dealkylation sites (tertiary alicyclic amines) is 1. The van der Waals surface area contributed by atoms with Crippen LogP contribution < -0.4 is 0 Å². The Kier molecular flexibility index (Phi) is 5.05. The summed E-state index contributed by atoms with van der Waals surface area (Å²) in [6, 6.07) is 0. The van der Waals surface area contributed by atoms with E-state index in [4.69, 9.17) is 0 Å². The van der Waals surface area contributed by atoms with Crippen LogP contribution in [0.5, 0.6) is 0 Å². The van der Waals surface area contributed by atoms with E-state index in [1.54, 1.807) is 4.90 Å². The van der Waals surface area contributed by atoms with Crippen molar-refractivity contribution < 1.29 is 18.3 Å². The van der Waals surface area contributed by atoms with Crippen molar-refractivity contribution >= 4 is 0 Å². The molecule has 1 saturated heterocycles. The lowest BCUT2D eigenvalue weighted by Crippen LogP contribution is -2.44. The number of alkyl halides is 3. The van der Waals surface area contributed by atoms with Crippen molar-refractivity contribution in [2.75, 3.05) is 19.6 Å². The third kappa shape index (κ3) is 4.29. The van der Waals surface area contributed by atoms with E-state index in [-0.39, 0.29) is 13.0 Å². The van der Waals surface area contributed by atoms with E-state index in [1.807, 2.05) is 6.92 Å². The molecule has 0 aliphatic carbocycles. The molecule has 16 heavy (non-hydrogen) atoms. The van der Waals surface area contributed by atoms with Crippen LogP contribution in [-0.4, -0.2) is 41.9 Å². The van der Waals surface area contributed by atoms with Gasteiger partial charge in [0.05, 0.1) is 12.0 Å². The molecular formula is C11H20F3NO. The van der Waals surface area contributed by atoms with E-state index in [0.717, 1.165) is 6.42 Å². The molecule has 1 heterocycles. The number of β-amino-alcohol motifs (C(OH)–C–C–N with tert-alkyl or cyclic N) is 1. The predicted molar refractivity (Wildman–Crippen MR) is 56.1 cm³/mol. The molecule has 96 valence electrons. The van der Waals surface area contributed by atoms with Gasteiger partial charge in [0, 0.05) is 13.1 Å². The Morgan fingerprint density at radius 2 is 2.12 bits per heavy atom. The van der Waals surface area contributed by atoms with Crippen molar-refractivity contribution in [3.63, 3.8) is 0 Å². The smallest absolute Gasteiger partial charge is 0.392 e. The second kappa shape index (κ2) is 5.87. The molecular weight excluding hydrogens is 219 g/mol. The van der Waals surface area contributed by atoms with Gasteiger partial charge in [-0.05, 0) is 25.8 Å². The minimum Gasteiger partial charge on any atom is -0.392 e. The second-order valence-electron chi connectivity index (χ2n) is 4.58. The van der Waals surface area contributed by atoms with Gasteiger partial charge in [0.2, 0.25) is 0 Å². The summed E-state index contributed by atoms with van der Waals surface area (Å²) in [6.45, 7) is 3.05. The fraction of sp³-hybridized carbons (Fsp3) is 1.00. The van der Waals surface area contributed by atoms with Gasteiger partial charge in [0.1, 0.15) is 0 Å². The number of aliphatic hydroxyl groups is 1. The fourth-order valence-corrected chi connectivity index (χ4v) is 2.21. The molecule has 0 spiro atoms. The summed E-state index contributed by atoms with van der Waals surface area (Å²) >= 11 is 0. The van der Waals surface area contributed by atoms with Crippen LogP contribution in [0.3, 0.4) is 0 Å². The summed E-state index contributed by atoms with van der Waals surface area (Å²) < 4.78 is 37.5. The molecule has 1 aliphatic heterocycles. The third-order valence-corrected chi connectivity index (χ3v) is 3.06. The Morgan fingerprint density at radius 1 is 1.44 bits per heavy atom. The Hall–Kier alpha value is -0.290. The highest BCUT2D eigenvalue weighted by Crippen LogP contribution is 2.33. The van der Waals surface area contributed by atoms with Crippen molar-refractivity contribution in [3.05, 3.63) is 0 Å². The molecule has 2 unspecified atom stereocenters. The minimum absolute atomic E-state index is 0.0459. The number of halogens is 3. The van der Waals surface area contributed by atoms with E-state index < -0.39 is 18.2 Å². The Labute approximate surface area is 94.4 Å². The van der Waals surface area contributed by atoms with Crippen LogP contribution in [0.2, 0.25) is 0 Å². The van der Waals surface area contributed by atoms with Crippen LogP contribution in [0, 0.1) is 5.92 Å². The van der Waals surface area contributed by atoms with E-state index >= 15 is 0 Å². The molecule has 2 atom stereocenters. The first-order valence-corrected chi connectivity index (χ1v) is 5.90. The zero-order valence-corrected chi connectivity index (χ0v) is 9.63. The van der Waals surface area contributed by atoms with Gasteiger partial charge in [-0.1, -0.05) is 13.3 Å². The number of rotatable bonds is 4. The SMILES string of the molecule is CCCC(O)CN1CCCC(C(F)(F)F)C1. The summed E-state index contributed by atoms with van der Waals surface area (Å²) in [6.07, 6.45) is -2.26. The van der Waals surface area contributed by atoms with Gasteiger partial charge in [0.15, 0.2) is 0 Å². The average Bonchev–Trinajstić information content (AvgIpc) is 2.17. The Bertz CT molecular complexity index is 208. The van der Waals surface area contributed by atoms with Gasteiger partial charge in [-0.3, -0.25) is 0 Å². The maximum Gasteiger partial charge on any atom is 0.393 e. The summed E-state index contributed by atoms with van der Waals surface area (Å²) in [4.78, 5) is 1.74. The lowest BCUT2D eigenvalue weighted by atomic mass is 9.97. The molecule has 1 N–H and O–H groups in total. The molecule has 1 fully saturated rings. The van der Waals surface area contributed by atoms with Crippen LogP contribution in [0.4, 0.5) is 13.2 Å². The molecule has 0 aromatic carbocycles. The predicted octanol–water partition coefficient (Wildman–Crippen LogP) is 2.42. The molecule has 0 aromatic rings. The zero-order valence-electron chi connectivity index (χ0n) is 9.63. The maximum atomic E-state index is 12.5. The lowest BCUT2D eigenvalue weighted by molar-refractivity contribution is -0.187. The molecule has 1 rings (SSSR count). The lowest BCUT2D eigenvalue weighted by Gasteiger charge is -2.34. The highest BCUT2D eigenvalue weighted by atomic mass is 19.4. The first-order valence-electron chi connectivity index (χ1n) is 5.90. The summed E-state index contributed by atoms with van der Waals surface area (Å²) in [5.41, 5.74) is 0. The van der Waals surface area contributed by atoms with Crippen molar-refractivity contribution in [1.29, 1.82) is 0 Å². The highest BCUT2D eigenvalue weighted by molar-refractivity contribution is 4.79.